The molecule has 0 unspecified atom stereocenters. The lowest BCUT2D eigenvalue weighted by Crippen LogP contribution is -2.54. The third-order valence-corrected chi connectivity index (χ3v) is 8.55. The van der Waals surface area contributed by atoms with Gasteiger partial charge in [-0.3, -0.25) is 18.9 Å². The van der Waals surface area contributed by atoms with Crippen molar-refractivity contribution in [1.82, 2.24) is 10.6 Å². The second-order valence-corrected chi connectivity index (χ2v) is 11.9. The molecule has 0 aliphatic heterocycles. The van der Waals surface area contributed by atoms with Crippen LogP contribution in [-0.4, -0.2) is 47.6 Å². The summed E-state index contributed by atoms with van der Waals surface area (Å²) in [7, 11) is -3.73. The maximum absolute atomic E-state index is 14.0. The molecule has 0 saturated heterocycles. The number of ether oxygens (including phenoxy) is 1. The highest BCUT2D eigenvalue weighted by Crippen LogP contribution is 2.44. The number of Topliss-reactive ketones (excluding diaryl/α,β-unsaturated/α-hetero) is 1. The Bertz CT molecular complexity index is 1320. The summed E-state index contributed by atoms with van der Waals surface area (Å²) in [5, 5.41) is 15.0. The molecule has 3 N–H and O–H groups in total. The first kappa shape index (κ1) is 31.3. The van der Waals surface area contributed by atoms with Gasteiger partial charge in [-0.15, -0.1) is 0 Å². The molecule has 3 rings (SSSR count). The molecule has 0 saturated carbocycles. The van der Waals surface area contributed by atoms with Gasteiger partial charge in [0.2, 0.25) is 5.91 Å². The fourth-order valence-corrected chi connectivity index (χ4v) is 5.94. The third kappa shape index (κ3) is 9.13. The second kappa shape index (κ2) is 14.9. The van der Waals surface area contributed by atoms with Crippen LogP contribution in [0.2, 0.25) is 0 Å². The Hall–Kier alpha value is -4.27. The average Bonchev–Trinajstić information content (AvgIpc) is 2.98. The van der Waals surface area contributed by atoms with Gasteiger partial charge in [0.1, 0.15) is 25.3 Å². The predicted molar refractivity (Wildman–Crippen MR) is 153 cm³/mol. The van der Waals surface area contributed by atoms with Crippen LogP contribution >= 0.6 is 7.37 Å². The summed E-state index contributed by atoms with van der Waals surface area (Å²) < 4.78 is 25.0. The van der Waals surface area contributed by atoms with Crippen molar-refractivity contribution in [1.29, 1.82) is 0 Å². The Morgan fingerprint density at radius 1 is 0.805 bits per heavy atom. The van der Waals surface area contributed by atoms with E-state index in [1.165, 1.54) is 0 Å². The number of hydrogen-bond donors (Lipinski definition) is 3. The Labute approximate surface area is 238 Å². The zero-order valence-corrected chi connectivity index (χ0v) is 23.7. The maximum atomic E-state index is 14.0. The van der Waals surface area contributed by atoms with E-state index in [1.807, 2.05) is 6.07 Å². The number of carbonyl (C=O) groups excluding carboxylic acids is 3. The van der Waals surface area contributed by atoms with Gasteiger partial charge in [0.15, 0.2) is 5.78 Å². The highest BCUT2D eigenvalue weighted by molar-refractivity contribution is 7.74. The van der Waals surface area contributed by atoms with Crippen molar-refractivity contribution < 1.29 is 38.1 Å². The van der Waals surface area contributed by atoms with E-state index in [0.29, 0.717) is 10.6 Å². The summed E-state index contributed by atoms with van der Waals surface area (Å²) in [6.45, 7) is 2.61. The minimum atomic E-state index is -3.73. The number of hydrogen-bond acceptors (Lipinski definition) is 7. The standard InChI is InChI=1S/C30H33N2O8P/c1-21(2)28(32-30(37)39-19-22-12-6-3-7-13-22)29(36)31-25(18-27(34)35)26(33)20-40-41(38,23-14-8-4-9-15-23)24-16-10-5-11-17-24/h3-17,21,25,28H,18-20H2,1-2H3,(H,31,36)(H,32,37)(H,34,35)/t25-,28-/m0/s1. The van der Waals surface area contributed by atoms with Crippen LogP contribution < -0.4 is 21.2 Å². The summed E-state index contributed by atoms with van der Waals surface area (Å²) in [6.07, 6.45) is -1.59. The summed E-state index contributed by atoms with van der Waals surface area (Å²) in [5.74, 6) is -3.32. The number of nitrogens with one attached hydrogen (secondary N) is 2. The molecule has 0 spiro atoms. The molecule has 0 radical (unpaired) electrons. The summed E-state index contributed by atoms with van der Waals surface area (Å²) in [4.78, 5) is 50.2. The zero-order valence-electron chi connectivity index (χ0n) is 22.8. The summed E-state index contributed by atoms with van der Waals surface area (Å²) in [6, 6.07) is 23.1. The van der Waals surface area contributed by atoms with E-state index in [-0.39, 0.29) is 6.61 Å². The number of carboxylic acid groups (broad SMARTS) is 1. The number of benzene rings is 3. The topological polar surface area (TPSA) is 148 Å². The molecule has 11 heteroatoms. The van der Waals surface area contributed by atoms with Crippen molar-refractivity contribution in [3.63, 3.8) is 0 Å². The van der Waals surface area contributed by atoms with E-state index in [0.717, 1.165) is 5.56 Å². The lowest BCUT2D eigenvalue weighted by atomic mass is 10.0. The first-order valence-electron chi connectivity index (χ1n) is 13.0. The van der Waals surface area contributed by atoms with Crippen molar-refractivity contribution in [2.45, 2.75) is 39.0 Å². The van der Waals surface area contributed by atoms with Crippen LogP contribution in [0.1, 0.15) is 25.8 Å². The van der Waals surface area contributed by atoms with Crippen LogP contribution in [0, 0.1) is 5.92 Å². The van der Waals surface area contributed by atoms with Crippen molar-refractivity contribution in [2.24, 2.45) is 5.92 Å². The van der Waals surface area contributed by atoms with Gasteiger partial charge in [-0.05, 0) is 35.7 Å². The quantitative estimate of drug-likeness (QED) is 0.246. The monoisotopic (exact) mass is 580 g/mol. The SMILES string of the molecule is CC(C)[C@H](NC(=O)OCc1ccccc1)C(=O)N[C@@H](CC(=O)O)C(=O)COP(=O)(c1ccccc1)c1ccccc1. The molecule has 216 valence electrons. The van der Waals surface area contributed by atoms with E-state index >= 15 is 0 Å². The van der Waals surface area contributed by atoms with Crippen LogP contribution in [0.5, 0.6) is 0 Å². The Kier molecular flexibility index (Phi) is 11.4. The van der Waals surface area contributed by atoms with Gasteiger partial charge in [-0.2, -0.15) is 0 Å². The molecule has 3 aromatic carbocycles. The summed E-state index contributed by atoms with van der Waals surface area (Å²) in [5.41, 5.74) is 0.753. The number of aliphatic carboxylic acids is 1. The lowest BCUT2D eigenvalue weighted by Gasteiger charge is -2.25. The first-order valence-corrected chi connectivity index (χ1v) is 14.6. The van der Waals surface area contributed by atoms with Gasteiger partial charge in [0.05, 0.1) is 6.42 Å². The van der Waals surface area contributed by atoms with E-state index in [4.69, 9.17) is 9.26 Å². The van der Waals surface area contributed by atoms with Crippen molar-refractivity contribution in [2.75, 3.05) is 6.61 Å². The molecule has 0 bridgehead atoms. The molecule has 0 fully saturated rings. The van der Waals surface area contributed by atoms with E-state index in [9.17, 15) is 28.8 Å². The highest BCUT2D eigenvalue weighted by atomic mass is 31.2. The molecule has 0 aromatic heterocycles. The molecule has 41 heavy (non-hydrogen) atoms. The van der Waals surface area contributed by atoms with Crippen LogP contribution in [-0.2, 0) is 34.8 Å². The average molecular weight is 581 g/mol. The normalized spacial score (nSPS) is 12.7. The largest absolute Gasteiger partial charge is 0.481 e. The number of carbonyl (C=O) groups is 4. The van der Waals surface area contributed by atoms with Gasteiger partial charge < -0.3 is 25.0 Å². The van der Waals surface area contributed by atoms with Crippen molar-refractivity contribution in [3.8, 4) is 0 Å². The van der Waals surface area contributed by atoms with Crippen LogP contribution in [0.15, 0.2) is 91.0 Å². The van der Waals surface area contributed by atoms with Gasteiger partial charge >= 0.3 is 12.1 Å². The molecule has 10 nitrogen and oxygen atoms in total. The van der Waals surface area contributed by atoms with Crippen molar-refractivity contribution >= 4 is 41.7 Å². The Morgan fingerprint density at radius 2 is 1.32 bits per heavy atom. The molecular weight excluding hydrogens is 547 g/mol. The number of ketones is 1. The molecular formula is C30H33N2O8P. The van der Waals surface area contributed by atoms with Crippen molar-refractivity contribution in [3.05, 3.63) is 96.6 Å². The highest BCUT2D eigenvalue weighted by Gasteiger charge is 2.34. The van der Waals surface area contributed by atoms with Gasteiger partial charge in [-0.1, -0.05) is 80.6 Å². The molecule has 3 aromatic rings. The number of alkyl carbamates (subject to hydrolysis) is 1. The first-order chi connectivity index (χ1) is 19.6. The number of carboxylic acids is 1. The second-order valence-electron chi connectivity index (χ2n) is 9.55. The van der Waals surface area contributed by atoms with Crippen LogP contribution in [0.25, 0.3) is 0 Å². The smallest absolute Gasteiger partial charge is 0.408 e. The minimum absolute atomic E-state index is 0.0144. The predicted octanol–water partition coefficient (Wildman–Crippen LogP) is 3.41. The molecule has 2 atom stereocenters. The van der Waals surface area contributed by atoms with E-state index in [1.54, 1.807) is 98.8 Å². The Morgan fingerprint density at radius 3 is 1.80 bits per heavy atom. The maximum Gasteiger partial charge on any atom is 0.408 e. The zero-order chi connectivity index (χ0) is 29.8. The molecule has 2 amide bonds. The Balaban J connectivity index is 1.71. The number of amides is 2. The molecule has 0 heterocycles. The number of rotatable bonds is 14. The summed E-state index contributed by atoms with van der Waals surface area (Å²) >= 11 is 0. The third-order valence-electron chi connectivity index (χ3n) is 6.10. The van der Waals surface area contributed by atoms with Gasteiger partial charge in [0, 0.05) is 10.6 Å². The fourth-order valence-electron chi connectivity index (χ4n) is 3.91. The van der Waals surface area contributed by atoms with Gasteiger partial charge in [-0.25, -0.2) is 4.79 Å². The van der Waals surface area contributed by atoms with E-state index < -0.39 is 62.2 Å². The minimum Gasteiger partial charge on any atom is -0.481 e. The molecule has 0 aliphatic carbocycles. The van der Waals surface area contributed by atoms with Crippen LogP contribution in [0.3, 0.4) is 0 Å². The van der Waals surface area contributed by atoms with Crippen LogP contribution in [0.4, 0.5) is 4.79 Å². The van der Waals surface area contributed by atoms with Gasteiger partial charge in [0.25, 0.3) is 7.37 Å². The van der Waals surface area contributed by atoms with E-state index in [2.05, 4.69) is 10.6 Å². The lowest BCUT2D eigenvalue weighted by molar-refractivity contribution is -0.140. The molecule has 0 aliphatic rings. The fraction of sp³-hybridized carbons (Fsp3) is 0.267.